The molecule has 0 fully saturated rings. The summed E-state index contributed by atoms with van der Waals surface area (Å²) in [6.45, 7) is 2.02. The lowest BCUT2D eigenvalue weighted by atomic mass is 10.0. The Morgan fingerprint density at radius 3 is 2.61 bits per heavy atom. The summed E-state index contributed by atoms with van der Waals surface area (Å²) in [5, 5.41) is 3.53. The predicted molar refractivity (Wildman–Crippen MR) is 119 cm³/mol. The molecule has 142 valence electrons. The Labute approximate surface area is 180 Å². The number of hydrogen-bond acceptors (Lipinski definition) is 3. The number of carbonyl (C=O) groups excluding carboxylic acids is 1. The molecule has 1 aliphatic rings. The third-order valence-corrected chi connectivity index (χ3v) is 5.97. The number of aryl methyl sites for hydroxylation is 1. The molecule has 0 unspecified atom stereocenters. The summed E-state index contributed by atoms with van der Waals surface area (Å²) >= 11 is 7.11. The van der Waals surface area contributed by atoms with Crippen molar-refractivity contribution >= 4 is 49.1 Å². The number of hydrogen-bond donors (Lipinski definition) is 1. The second-order valence-corrected chi connectivity index (χ2v) is 8.41. The zero-order chi connectivity index (χ0) is 19.8. The van der Waals surface area contributed by atoms with Crippen molar-refractivity contribution in [1.29, 1.82) is 0 Å². The molecule has 6 heteroatoms. The van der Waals surface area contributed by atoms with Crippen molar-refractivity contribution in [3.8, 4) is 5.75 Å². The molecule has 0 saturated heterocycles. The third-order valence-electron chi connectivity index (χ3n) is 4.76. The minimum absolute atomic E-state index is 0.0552. The van der Waals surface area contributed by atoms with Gasteiger partial charge in [0.2, 0.25) is 0 Å². The van der Waals surface area contributed by atoms with Crippen LogP contribution in [0.15, 0.2) is 69.6 Å². The first kappa shape index (κ1) is 19.0. The van der Waals surface area contributed by atoms with Gasteiger partial charge in [0.15, 0.2) is 0 Å². The smallest absolute Gasteiger partial charge is 0.262 e. The van der Waals surface area contributed by atoms with E-state index < -0.39 is 0 Å². The molecule has 28 heavy (non-hydrogen) atoms. The summed E-state index contributed by atoms with van der Waals surface area (Å²) in [6, 6.07) is 19.4. The highest BCUT2D eigenvalue weighted by molar-refractivity contribution is 9.10. The first-order valence-electron chi connectivity index (χ1n) is 8.77. The summed E-state index contributed by atoms with van der Waals surface area (Å²) in [7, 11) is 1.64. The molecule has 3 aromatic rings. The van der Waals surface area contributed by atoms with Crippen LogP contribution in [0.4, 0.5) is 11.4 Å². The van der Waals surface area contributed by atoms with Crippen LogP contribution < -0.4 is 15.0 Å². The molecular formula is C22H18Br2N2O2. The number of carbonyl (C=O) groups is 1. The molecule has 1 N–H and O–H groups in total. The van der Waals surface area contributed by atoms with Crippen molar-refractivity contribution in [3.63, 3.8) is 0 Å². The number of amides is 1. The van der Waals surface area contributed by atoms with Crippen molar-refractivity contribution in [2.75, 3.05) is 17.3 Å². The van der Waals surface area contributed by atoms with E-state index in [1.807, 2.05) is 67.6 Å². The van der Waals surface area contributed by atoms with Crippen molar-refractivity contribution in [2.45, 2.75) is 13.1 Å². The van der Waals surface area contributed by atoms with Gasteiger partial charge in [0.25, 0.3) is 5.91 Å². The summed E-state index contributed by atoms with van der Waals surface area (Å²) in [6.07, 6.45) is -0.382. The maximum Gasteiger partial charge on any atom is 0.262 e. The van der Waals surface area contributed by atoms with Gasteiger partial charge in [-0.1, -0.05) is 44.0 Å². The van der Waals surface area contributed by atoms with Gasteiger partial charge < -0.3 is 10.1 Å². The lowest BCUT2D eigenvalue weighted by molar-refractivity contribution is 0.0974. The molecular weight excluding hydrogens is 484 g/mol. The molecule has 0 bridgehead atoms. The molecule has 1 amide bonds. The van der Waals surface area contributed by atoms with E-state index in [1.165, 1.54) is 0 Å². The number of halogens is 2. The Morgan fingerprint density at radius 1 is 1.04 bits per heavy atom. The van der Waals surface area contributed by atoms with Crippen LogP contribution >= 0.6 is 31.9 Å². The van der Waals surface area contributed by atoms with E-state index in [0.717, 1.165) is 37.2 Å². The molecule has 1 atom stereocenters. The SMILES string of the molecule is COc1ccc(Br)c([C@H]2Nc3ccc(Br)cc3C(=O)N2c2cccc(C)c2)c1. The first-order chi connectivity index (χ1) is 13.5. The number of nitrogens with zero attached hydrogens (tertiary/aromatic N) is 1. The highest BCUT2D eigenvalue weighted by Crippen LogP contribution is 2.40. The number of rotatable bonds is 3. The van der Waals surface area contributed by atoms with Gasteiger partial charge in [-0.3, -0.25) is 9.69 Å². The zero-order valence-electron chi connectivity index (χ0n) is 15.4. The summed E-state index contributed by atoms with van der Waals surface area (Å²) in [5.41, 5.74) is 4.28. The van der Waals surface area contributed by atoms with Crippen molar-refractivity contribution in [1.82, 2.24) is 0 Å². The van der Waals surface area contributed by atoms with E-state index in [4.69, 9.17) is 4.74 Å². The summed E-state index contributed by atoms with van der Waals surface area (Å²) in [4.78, 5) is 15.3. The first-order valence-corrected chi connectivity index (χ1v) is 10.4. The zero-order valence-corrected chi connectivity index (χ0v) is 18.5. The number of anilines is 2. The predicted octanol–water partition coefficient (Wildman–Crippen LogP) is 6.30. The van der Waals surface area contributed by atoms with Crippen LogP contribution in [0.2, 0.25) is 0 Å². The Balaban J connectivity index is 1.91. The monoisotopic (exact) mass is 500 g/mol. The normalized spacial score (nSPS) is 15.8. The maximum absolute atomic E-state index is 13.5. The Bertz CT molecular complexity index is 1070. The van der Waals surface area contributed by atoms with Crippen molar-refractivity contribution in [3.05, 3.63) is 86.3 Å². The number of methoxy groups -OCH3 is 1. The fourth-order valence-electron chi connectivity index (χ4n) is 3.40. The minimum Gasteiger partial charge on any atom is -0.497 e. The Hall–Kier alpha value is -2.31. The third kappa shape index (κ3) is 3.42. The van der Waals surface area contributed by atoms with Crippen LogP contribution in [0.25, 0.3) is 0 Å². The molecule has 1 aliphatic heterocycles. The standard InChI is InChI=1S/C22H18Br2N2O2/c1-13-4-3-5-15(10-13)26-21(17-12-16(28-2)7-8-19(17)24)25-20-9-6-14(23)11-18(20)22(26)27/h3-12,21,25H,1-2H3/t21-/m0/s1. The van der Waals surface area contributed by atoms with E-state index in [1.54, 1.807) is 12.0 Å². The van der Waals surface area contributed by atoms with E-state index in [9.17, 15) is 4.79 Å². The minimum atomic E-state index is -0.382. The van der Waals surface area contributed by atoms with Crippen LogP contribution in [0.1, 0.15) is 27.7 Å². The average Bonchev–Trinajstić information content (AvgIpc) is 2.69. The van der Waals surface area contributed by atoms with E-state index >= 15 is 0 Å². The van der Waals surface area contributed by atoms with Gasteiger partial charge in [0, 0.05) is 25.9 Å². The molecule has 3 aromatic carbocycles. The molecule has 0 saturated carbocycles. The maximum atomic E-state index is 13.5. The highest BCUT2D eigenvalue weighted by atomic mass is 79.9. The van der Waals surface area contributed by atoms with Crippen molar-refractivity contribution in [2.24, 2.45) is 0 Å². The number of fused-ring (bicyclic) bond motifs is 1. The van der Waals surface area contributed by atoms with Gasteiger partial charge in [0.05, 0.1) is 12.7 Å². The summed E-state index contributed by atoms with van der Waals surface area (Å²) in [5.74, 6) is 0.679. The van der Waals surface area contributed by atoms with Gasteiger partial charge in [0.1, 0.15) is 11.9 Å². The van der Waals surface area contributed by atoms with E-state index in [0.29, 0.717) is 5.56 Å². The molecule has 0 radical (unpaired) electrons. The second kappa shape index (κ2) is 7.60. The highest BCUT2D eigenvalue weighted by Gasteiger charge is 2.35. The molecule has 0 spiro atoms. The lowest BCUT2D eigenvalue weighted by Gasteiger charge is -2.38. The van der Waals surface area contributed by atoms with Crippen LogP contribution in [-0.2, 0) is 0 Å². The van der Waals surface area contributed by atoms with Gasteiger partial charge >= 0.3 is 0 Å². The van der Waals surface area contributed by atoms with E-state index in [-0.39, 0.29) is 12.1 Å². The molecule has 0 aromatic heterocycles. The number of nitrogens with one attached hydrogen (secondary N) is 1. The van der Waals surface area contributed by atoms with E-state index in [2.05, 4.69) is 37.2 Å². The fourth-order valence-corrected chi connectivity index (χ4v) is 4.22. The summed E-state index contributed by atoms with van der Waals surface area (Å²) < 4.78 is 7.18. The average molecular weight is 502 g/mol. The second-order valence-electron chi connectivity index (χ2n) is 6.64. The Morgan fingerprint density at radius 2 is 1.86 bits per heavy atom. The largest absolute Gasteiger partial charge is 0.497 e. The molecule has 4 nitrogen and oxygen atoms in total. The molecule has 0 aliphatic carbocycles. The topological polar surface area (TPSA) is 41.6 Å². The van der Waals surface area contributed by atoms with Gasteiger partial charge in [-0.25, -0.2) is 0 Å². The van der Waals surface area contributed by atoms with Gasteiger partial charge in [-0.15, -0.1) is 0 Å². The van der Waals surface area contributed by atoms with Crippen LogP contribution in [0, 0.1) is 6.92 Å². The van der Waals surface area contributed by atoms with Crippen LogP contribution in [-0.4, -0.2) is 13.0 Å². The van der Waals surface area contributed by atoms with Crippen LogP contribution in [0.5, 0.6) is 5.75 Å². The van der Waals surface area contributed by atoms with Crippen molar-refractivity contribution < 1.29 is 9.53 Å². The Kier molecular flexibility index (Phi) is 5.17. The quantitative estimate of drug-likeness (QED) is 0.457. The van der Waals surface area contributed by atoms with Gasteiger partial charge in [-0.2, -0.15) is 0 Å². The van der Waals surface area contributed by atoms with Crippen LogP contribution in [0.3, 0.4) is 0 Å². The lowest BCUT2D eigenvalue weighted by Crippen LogP contribution is -2.43. The fraction of sp³-hybridized carbons (Fsp3) is 0.136. The molecule has 4 rings (SSSR count). The molecule has 1 heterocycles. The number of benzene rings is 3. The van der Waals surface area contributed by atoms with Gasteiger partial charge in [-0.05, 0) is 61.0 Å². The number of ether oxygens (including phenoxy) is 1.